The summed E-state index contributed by atoms with van der Waals surface area (Å²) in [5, 5.41) is 15.7. The monoisotopic (exact) mass is 502 g/mol. The lowest BCUT2D eigenvalue weighted by Gasteiger charge is -2.32. The molecule has 1 aromatic heterocycles. The number of H-pyrrole nitrogens is 1. The number of halogens is 1. The molecule has 186 valence electrons. The number of hydrogen-bond donors (Lipinski definition) is 3. The minimum atomic E-state index is -0.0397. The number of anilines is 2. The zero-order chi connectivity index (χ0) is 24.9. The molecule has 1 fully saturated rings. The third kappa shape index (κ3) is 5.70. The summed E-state index contributed by atoms with van der Waals surface area (Å²) in [5.41, 5.74) is 5.17. The van der Waals surface area contributed by atoms with Gasteiger partial charge in [-0.05, 0) is 62.5 Å². The second kappa shape index (κ2) is 11.1. The lowest BCUT2D eigenvalue weighted by Crippen LogP contribution is -2.45. The second-order valence-electron chi connectivity index (χ2n) is 9.27. The first kappa shape index (κ1) is 24.3. The summed E-state index contributed by atoms with van der Waals surface area (Å²) in [6.45, 7) is 6.14. The largest absolute Gasteiger partial charge is 0.354 e. The van der Waals surface area contributed by atoms with Gasteiger partial charge in [-0.25, -0.2) is 0 Å². The molecule has 1 amide bonds. The maximum atomic E-state index is 12.6. The highest BCUT2D eigenvalue weighted by atomic mass is 35.5. The van der Waals surface area contributed by atoms with Crippen molar-refractivity contribution in [3.05, 3.63) is 77.3 Å². The molecule has 7 nitrogen and oxygen atoms in total. The number of para-hydroxylation sites is 1. The number of aromatic amines is 1. The van der Waals surface area contributed by atoms with Crippen LogP contribution >= 0.6 is 11.6 Å². The van der Waals surface area contributed by atoms with Crippen molar-refractivity contribution in [2.45, 2.75) is 6.42 Å². The summed E-state index contributed by atoms with van der Waals surface area (Å²) in [7, 11) is 2.16. The van der Waals surface area contributed by atoms with Gasteiger partial charge in [0.1, 0.15) is 0 Å². The number of benzene rings is 3. The van der Waals surface area contributed by atoms with Crippen LogP contribution in [0.2, 0.25) is 5.02 Å². The molecule has 0 radical (unpaired) electrons. The lowest BCUT2D eigenvalue weighted by atomic mass is 10.1. The molecule has 0 atom stereocenters. The third-order valence-corrected chi connectivity index (χ3v) is 7.00. The Morgan fingerprint density at radius 3 is 2.58 bits per heavy atom. The molecule has 2 heterocycles. The first-order chi connectivity index (χ1) is 17.6. The number of fused-ring (bicyclic) bond motifs is 1. The number of nitrogens with one attached hydrogen (secondary N) is 3. The van der Waals surface area contributed by atoms with Crippen molar-refractivity contribution in [1.82, 2.24) is 25.3 Å². The predicted octanol–water partition coefficient (Wildman–Crippen LogP) is 4.99. The average molecular weight is 503 g/mol. The Labute approximate surface area is 216 Å². The summed E-state index contributed by atoms with van der Waals surface area (Å²) in [6, 6.07) is 21.3. The first-order valence-corrected chi connectivity index (χ1v) is 12.7. The topological polar surface area (TPSA) is 76.3 Å². The van der Waals surface area contributed by atoms with E-state index in [1.165, 1.54) is 0 Å². The van der Waals surface area contributed by atoms with Gasteiger partial charge in [0.05, 0.1) is 21.9 Å². The summed E-state index contributed by atoms with van der Waals surface area (Å²) < 4.78 is 0. The van der Waals surface area contributed by atoms with Gasteiger partial charge in [-0.1, -0.05) is 35.9 Å². The molecule has 1 saturated heterocycles. The molecule has 0 spiro atoms. The Hall–Kier alpha value is -3.39. The molecule has 5 rings (SSSR count). The van der Waals surface area contributed by atoms with Crippen LogP contribution in [0.25, 0.3) is 22.2 Å². The van der Waals surface area contributed by atoms with Crippen LogP contribution in [0.1, 0.15) is 16.8 Å². The Morgan fingerprint density at radius 1 is 1.03 bits per heavy atom. The van der Waals surface area contributed by atoms with Gasteiger partial charge in [0.15, 0.2) is 0 Å². The molecule has 36 heavy (non-hydrogen) atoms. The normalized spacial score (nSPS) is 14.7. The van der Waals surface area contributed by atoms with E-state index in [1.807, 2.05) is 66.7 Å². The molecule has 3 N–H and O–H groups in total. The van der Waals surface area contributed by atoms with Crippen LogP contribution < -0.4 is 10.6 Å². The maximum Gasteiger partial charge on any atom is 0.251 e. The van der Waals surface area contributed by atoms with Crippen molar-refractivity contribution in [1.29, 1.82) is 0 Å². The van der Waals surface area contributed by atoms with E-state index in [4.69, 9.17) is 11.6 Å². The van der Waals surface area contributed by atoms with Gasteiger partial charge >= 0.3 is 0 Å². The van der Waals surface area contributed by atoms with E-state index in [0.29, 0.717) is 17.1 Å². The quantitative estimate of drug-likeness (QED) is 0.296. The number of nitrogens with zero attached hydrogens (tertiary/aromatic N) is 3. The summed E-state index contributed by atoms with van der Waals surface area (Å²) >= 11 is 6.27. The van der Waals surface area contributed by atoms with Crippen molar-refractivity contribution in [3.63, 3.8) is 0 Å². The van der Waals surface area contributed by atoms with Gasteiger partial charge in [-0.3, -0.25) is 9.89 Å². The fraction of sp³-hybridized carbons (Fsp3) is 0.286. The number of aromatic nitrogens is 2. The molecule has 1 aliphatic heterocycles. The highest BCUT2D eigenvalue weighted by molar-refractivity contribution is 6.33. The third-order valence-electron chi connectivity index (χ3n) is 6.67. The van der Waals surface area contributed by atoms with Crippen LogP contribution in [-0.2, 0) is 0 Å². The molecule has 0 unspecified atom stereocenters. The minimum absolute atomic E-state index is 0.0397. The van der Waals surface area contributed by atoms with Crippen molar-refractivity contribution in [2.75, 3.05) is 51.6 Å². The van der Waals surface area contributed by atoms with E-state index in [2.05, 4.69) is 37.7 Å². The van der Waals surface area contributed by atoms with Gasteiger partial charge in [-0.2, -0.15) is 5.10 Å². The zero-order valence-electron chi connectivity index (χ0n) is 20.4. The van der Waals surface area contributed by atoms with E-state index < -0.39 is 0 Å². The van der Waals surface area contributed by atoms with Gasteiger partial charge in [0, 0.05) is 54.9 Å². The highest BCUT2D eigenvalue weighted by Crippen LogP contribution is 2.30. The number of likely N-dealkylation sites (N-methyl/N-ethyl adjacent to an activating group) is 1. The number of carbonyl (C=O) groups is 1. The van der Waals surface area contributed by atoms with Gasteiger partial charge in [0.2, 0.25) is 0 Å². The molecular formula is C28H31ClN6O. The zero-order valence-corrected chi connectivity index (χ0v) is 21.2. The van der Waals surface area contributed by atoms with Gasteiger partial charge in [0.25, 0.3) is 5.91 Å². The average Bonchev–Trinajstić information content (AvgIpc) is 3.32. The standard InChI is InChI=1S/C28H31ClN6O/c1-34-15-17-35(18-16-34)14-4-13-30-28(36)21-9-7-20(8-10-21)27-23-12-11-22(19-26(23)32-33-27)31-25-6-3-2-5-24(25)29/h2-3,5-12,19,31H,4,13-18H2,1H3,(H,30,36)(H,32,33). The smallest absolute Gasteiger partial charge is 0.251 e. The molecule has 1 aliphatic rings. The van der Waals surface area contributed by atoms with Crippen molar-refractivity contribution in [2.24, 2.45) is 0 Å². The van der Waals surface area contributed by atoms with Crippen LogP contribution in [0.15, 0.2) is 66.7 Å². The maximum absolute atomic E-state index is 12.6. The highest BCUT2D eigenvalue weighted by Gasteiger charge is 2.14. The second-order valence-corrected chi connectivity index (χ2v) is 9.68. The van der Waals surface area contributed by atoms with Crippen LogP contribution in [-0.4, -0.2) is 72.2 Å². The molecule has 8 heteroatoms. The van der Waals surface area contributed by atoms with Gasteiger partial charge < -0.3 is 20.4 Å². The Bertz CT molecular complexity index is 1330. The molecule has 0 aliphatic carbocycles. The molecule has 0 saturated carbocycles. The lowest BCUT2D eigenvalue weighted by molar-refractivity contribution is 0.0949. The molecular weight excluding hydrogens is 472 g/mol. The minimum Gasteiger partial charge on any atom is -0.354 e. The summed E-state index contributed by atoms with van der Waals surface area (Å²) in [6.07, 6.45) is 0.958. The van der Waals surface area contributed by atoms with Crippen molar-refractivity contribution < 1.29 is 4.79 Å². The molecule has 0 bridgehead atoms. The van der Waals surface area contributed by atoms with E-state index in [1.54, 1.807) is 0 Å². The fourth-order valence-electron chi connectivity index (χ4n) is 4.49. The Balaban J connectivity index is 1.18. The van der Waals surface area contributed by atoms with E-state index in [0.717, 1.165) is 72.7 Å². The number of hydrogen-bond acceptors (Lipinski definition) is 5. The Kier molecular flexibility index (Phi) is 7.51. The number of piperazine rings is 1. The van der Waals surface area contributed by atoms with Crippen LogP contribution in [0, 0.1) is 0 Å². The summed E-state index contributed by atoms with van der Waals surface area (Å²) in [5.74, 6) is -0.0397. The van der Waals surface area contributed by atoms with Crippen LogP contribution in [0.5, 0.6) is 0 Å². The van der Waals surface area contributed by atoms with Gasteiger partial charge in [-0.15, -0.1) is 0 Å². The fourth-order valence-corrected chi connectivity index (χ4v) is 4.68. The number of rotatable bonds is 8. The molecule has 4 aromatic rings. The predicted molar refractivity (Wildman–Crippen MR) is 147 cm³/mol. The van der Waals surface area contributed by atoms with Crippen molar-refractivity contribution in [3.8, 4) is 11.3 Å². The van der Waals surface area contributed by atoms with E-state index in [-0.39, 0.29) is 5.91 Å². The van der Waals surface area contributed by atoms with Crippen LogP contribution in [0.4, 0.5) is 11.4 Å². The number of amides is 1. The van der Waals surface area contributed by atoms with E-state index in [9.17, 15) is 4.79 Å². The number of carbonyl (C=O) groups excluding carboxylic acids is 1. The Morgan fingerprint density at radius 2 is 1.81 bits per heavy atom. The van der Waals surface area contributed by atoms with Crippen molar-refractivity contribution >= 4 is 39.8 Å². The van der Waals surface area contributed by atoms with E-state index >= 15 is 0 Å². The summed E-state index contributed by atoms with van der Waals surface area (Å²) in [4.78, 5) is 17.4. The molecule has 3 aromatic carbocycles. The van der Waals surface area contributed by atoms with Crippen LogP contribution in [0.3, 0.4) is 0 Å². The SMILES string of the molecule is CN1CCN(CCCNC(=O)c2ccc(-c3n[nH]c4cc(Nc5ccccc5Cl)ccc34)cc2)CC1. The first-order valence-electron chi connectivity index (χ1n) is 12.4.